The number of benzene rings is 1. The molecular weight excluding hydrogens is 382 g/mol. The van der Waals surface area contributed by atoms with Gasteiger partial charge in [0.2, 0.25) is 5.95 Å². The van der Waals surface area contributed by atoms with Crippen molar-refractivity contribution in [2.24, 2.45) is 0 Å². The van der Waals surface area contributed by atoms with Crippen LogP contribution in [0.15, 0.2) is 63.8 Å². The van der Waals surface area contributed by atoms with Crippen LogP contribution in [0.4, 0.5) is 5.95 Å². The first-order valence-electron chi connectivity index (χ1n) is 8.24. The molecule has 0 radical (unpaired) electrons. The first-order valence-corrected chi connectivity index (χ1v) is 9.04. The van der Waals surface area contributed by atoms with E-state index in [0.717, 1.165) is 21.5 Å². The van der Waals surface area contributed by atoms with Crippen LogP contribution in [0.2, 0.25) is 0 Å². The first-order chi connectivity index (χ1) is 12.1. The largest absolute Gasteiger partial charge is 0.463 e. The molecule has 5 nitrogen and oxygen atoms in total. The van der Waals surface area contributed by atoms with E-state index in [1.165, 1.54) is 0 Å². The molecule has 0 unspecified atom stereocenters. The van der Waals surface area contributed by atoms with Crippen molar-refractivity contribution in [1.82, 2.24) is 9.97 Å². The van der Waals surface area contributed by atoms with Crippen molar-refractivity contribution in [2.75, 3.05) is 18.0 Å². The third kappa shape index (κ3) is 3.32. The maximum Gasteiger partial charge on any atom is 0.225 e. The van der Waals surface area contributed by atoms with Gasteiger partial charge < -0.3 is 14.4 Å². The van der Waals surface area contributed by atoms with Crippen LogP contribution in [0.1, 0.15) is 18.4 Å². The van der Waals surface area contributed by atoms with Gasteiger partial charge in [-0.05, 0) is 48.7 Å². The van der Waals surface area contributed by atoms with E-state index in [1.807, 2.05) is 42.5 Å². The minimum atomic E-state index is -0.796. The topological polar surface area (TPSA) is 62.4 Å². The van der Waals surface area contributed by atoms with Crippen LogP contribution < -0.4 is 4.90 Å². The number of furan rings is 1. The van der Waals surface area contributed by atoms with E-state index in [9.17, 15) is 5.11 Å². The van der Waals surface area contributed by atoms with Crippen LogP contribution in [0.3, 0.4) is 0 Å². The number of anilines is 1. The standard InChI is InChI=1S/C19H18BrN3O2/c20-15-5-3-14(4-6-15)19(24)8-11-23(12-9-19)18-21-10-7-16(22-18)17-2-1-13-25-17/h1-7,10,13,24H,8-9,11-12H2. The van der Waals surface area contributed by atoms with Crippen molar-refractivity contribution in [3.05, 3.63) is 65.0 Å². The number of halogens is 1. The zero-order chi connectivity index (χ0) is 17.3. The van der Waals surface area contributed by atoms with Crippen molar-refractivity contribution in [1.29, 1.82) is 0 Å². The molecule has 1 aromatic carbocycles. The van der Waals surface area contributed by atoms with Gasteiger partial charge >= 0.3 is 0 Å². The van der Waals surface area contributed by atoms with Gasteiger partial charge in [-0.3, -0.25) is 0 Å². The Morgan fingerprint density at radius 3 is 2.52 bits per heavy atom. The van der Waals surface area contributed by atoms with Crippen LogP contribution in [-0.2, 0) is 5.60 Å². The molecule has 25 heavy (non-hydrogen) atoms. The molecule has 2 aromatic heterocycles. The molecule has 0 saturated carbocycles. The number of aliphatic hydroxyl groups is 1. The predicted octanol–water partition coefficient (Wildman–Crippen LogP) is 3.99. The Kier molecular flexibility index (Phi) is 4.31. The predicted molar refractivity (Wildman–Crippen MR) is 99.2 cm³/mol. The number of rotatable bonds is 3. The lowest BCUT2D eigenvalue weighted by atomic mass is 9.84. The SMILES string of the molecule is OC1(c2ccc(Br)cc2)CCN(c2nccc(-c3ccco3)n2)CC1. The molecule has 1 saturated heterocycles. The second kappa shape index (κ2) is 6.61. The van der Waals surface area contributed by atoms with E-state index < -0.39 is 5.60 Å². The van der Waals surface area contributed by atoms with Gasteiger partial charge in [-0.2, -0.15) is 0 Å². The van der Waals surface area contributed by atoms with E-state index in [-0.39, 0.29) is 0 Å². The second-order valence-electron chi connectivity index (χ2n) is 6.24. The summed E-state index contributed by atoms with van der Waals surface area (Å²) < 4.78 is 6.42. The number of hydrogen-bond acceptors (Lipinski definition) is 5. The normalized spacial score (nSPS) is 16.8. The van der Waals surface area contributed by atoms with Crippen molar-refractivity contribution in [3.8, 4) is 11.5 Å². The molecule has 1 N–H and O–H groups in total. The summed E-state index contributed by atoms with van der Waals surface area (Å²) in [5.41, 5.74) is 0.930. The summed E-state index contributed by atoms with van der Waals surface area (Å²) in [6.45, 7) is 1.41. The van der Waals surface area contributed by atoms with E-state index in [0.29, 0.717) is 31.9 Å². The maximum atomic E-state index is 11.0. The number of nitrogens with zero attached hydrogens (tertiary/aromatic N) is 3. The molecular formula is C19H18BrN3O2. The highest BCUT2D eigenvalue weighted by molar-refractivity contribution is 9.10. The monoisotopic (exact) mass is 399 g/mol. The minimum absolute atomic E-state index is 0.642. The molecule has 3 heterocycles. The van der Waals surface area contributed by atoms with E-state index in [4.69, 9.17) is 4.42 Å². The second-order valence-corrected chi connectivity index (χ2v) is 7.16. The van der Waals surface area contributed by atoms with Crippen LogP contribution in [0, 0.1) is 0 Å². The van der Waals surface area contributed by atoms with E-state index in [2.05, 4.69) is 30.8 Å². The summed E-state index contributed by atoms with van der Waals surface area (Å²) in [5, 5.41) is 11.0. The average Bonchev–Trinajstić information content (AvgIpc) is 3.18. The molecule has 1 aliphatic rings. The Hall–Kier alpha value is -2.18. The Labute approximate surface area is 154 Å². The highest BCUT2D eigenvalue weighted by Crippen LogP contribution is 2.34. The zero-order valence-electron chi connectivity index (χ0n) is 13.6. The summed E-state index contributed by atoms with van der Waals surface area (Å²) >= 11 is 3.44. The van der Waals surface area contributed by atoms with E-state index >= 15 is 0 Å². The average molecular weight is 400 g/mol. The van der Waals surface area contributed by atoms with Crippen molar-refractivity contribution >= 4 is 21.9 Å². The molecule has 128 valence electrons. The quantitative estimate of drug-likeness (QED) is 0.721. The lowest BCUT2D eigenvalue weighted by Gasteiger charge is -2.38. The Morgan fingerprint density at radius 1 is 1.08 bits per heavy atom. The zero-order valence-corrected chi connectivity index (χ0v) is 15.2. The third-order valence-electron chi connectivity index (χ3n) is 4.67. The molecule has 0 aliphatic carbocycles. The van der Waals surface area contributed by atoms with Crippen molar-refractivity contribution < 1.29 is 9.52 Å². The number of hydrogen-bond donors (Lipinski definition) is 1. The number of aromatic nitrogens is 2. The molecule has 0 amide bonds. The fourth-order valence-corrected chi connectivity index (χ4v) is 3.45. The van der Waals surface area contributed by atoms with Gasteiger partial charge in [0.05, 0.1) is 11.9 Å². The summed E-state index contributed by atoms with van der Waals surface area (Å²) in [6.07, 6.45) is 4.66. The third-order valence-corrected chi connectivity index (χ3v) is 5.20. The fraction of sp³-hybridized carbons (Fsp3) is 0.263. The smallest absolute Gasteiger partial charge is 0.225 e. The summed E-state index contributed by atoms with van der Waals surface area (Å²) in [5.74, 6) is 1.40. The lowest BCUT2D eigenvalue weighted by Crippen LogP contribution is -2.43. The Bertz CT molecular complexity index is 841. The van der Waals surface area contributed by atoms with Crippen molar-refractivity contribution in [2.45, 2.75) is 18.4 Å². The van der Waals surface area contributed by atoms with Gasteiger partial charge in [-0.1, -0.05) is 28.1 Å². The van der Waals surface area contributed by atoms with Crippen LogP contribution in [0.5, 0.6) is 0 Å². The van der Waals surface area contributed by atoms with Gasteiger partial charge in [0, 0.05) is 23.8 Å². The van der Waals surface area contributed by atoms with Gasteiger partial charge in [0.15, 0.2) is 5.76 Å². The molecule has 0 spiro atoms. The van der Waals surface area contributed by atoms with Gasteiger partial charge in [-0.15, -0.1) is 0 Å². The Balaban J connectivity index is 1.50. The molecule has 0 bridgehead atoms. The molecule has 4 rings (SSSR count). The molecule has 0 atom stereocenters. The highest BCUT2D eigenvalue weighted by atomic mass is 79.9. The highest BCUT2D eigenvalue weighted by Gasteiger charge is 2.34. The van der Waals surface area contributed by atoms with Gasteiger partial charge in [-0.25, -0.2) is 9.97 Å². The first kappa shape index (κ1) is 16.3. The summed E-state index contributed by atoms with van der Waals surface area (Å²) in [7, 11) is 0. The van der Waals surface area contributed by atoms with E-state index in [1.54, 1.807) is 12.5 Å². The van der Waals surface area contributed by atoms with Crippen LogP contribution in [-0.4, -0.2) is 28.2 Å². The van der Waals surface area contributed by atoms with Crippen LogP contribution in [0.25, 0.3) is 11.5 Å². The molecule has 6 heteroatoms. The summed E-state index contributed by atoms with van der Waals surface area (Å²) in [6, 6.07) is 13.5. The van der Waals surface area contributed by atoms with Gasteiger partial charge in [0.1, 0.15) is 5.69 Å². The van der Waals surface area contributed by atoms with Crippen molar-refractivity contribution in [3.63, 3.8) is 0 Å². The number of piperidine rings is 1. The van der Waals surface area contributed by atoms with Gasteiger partial charge in [0.25, 0.3) is 0 Å². The van der Waals surface area contributed by atoms with Crippen LogP contribution >= 0.6 is 15.9 Å². The summed E-state index contributed by atoms with van der Waals surface area (Å²) in [4.78, 5) is 11.1. The molecule has 3 aromatic rings. The fourth-order valence-electron chi connectivity index (χ4n) is 3.19. The minimum Gasteiger partial charge on any atom is -0.463 e. The maximum absolute atomic E-state index is 11.0. The Morgan fingerprint density at radius 2 is 1.84 bits per heavy atom. The molecule has 1 fully saturated rings. The molecule has 1 aliphatic heterocycles. The lowest BCUT2D eigenvalue weighted by molar-refractivity contribution is 0.0115.